The van der Waals surface area contributed by atoms with E-state index in [9.17, 15) is 4.79 Å². The first kappa shape index (κ1) is 18.4. The summed E-state index contributed by atoms with van der Waals surface area (Å²) < 4.78 is 12.4. The van der Waals surface area contributed by atoms with Crippen molar-refractivity contribution in [2.24, 2.45) is 0 Å². The molecule has 1 aromatic carbocycles. The molecule has 0 radical (unpaired) electrons. The van der Waals surface area contributed by atoms with E-state index < -0.39 is 12.0 Å². The molecule has 7 nitrogen and oxygen atoms in total. The molecule has 0 saturated heterocycles. The molecular formula is C18H21ClN4O3. The van der Waals surface area contributed by atoms with Crippen LogP contribution in [0.5, 0.6) is 0 Å². The fraction of sp³-hybridized carbons (Fsp3) is 0.389. The second-order valence-corrected chi connectivity index (χ2v) is 6.27. The number of aromatic nitrogens is 3. The van der Waals surface area contributed by atoms with Gasteiger partial charge in [0, 0.05) is 22.9 Å². The van der Waals surface area contributed by atoms with E-state index >= 15 is 0 Å². The summed E-state index contributed by atoms with van der Waals surface area (Å²) >= 11 is 6.39. The van der Waals surface area contributed by atoms with Crippen molar-refractivity contribution in [3.63, 3.8) is 0 Å². The van der Waals surface area contributed by atoms with Crippen molar-refractivity contribution in [3.8, 4) is 0 Å². The summed E-state index contributed by atoms with van der Waals surface area (Å²) in [6.45, 7) is 5.04. The van der Waals surface area contributed by atoms with Gasteiger partial charge in [-0.05, 0) is 19.4 Å². The maximum Gasteiger partial charge on any atom is 0.338 e. The van der Waals surface area contributed by atoms with Crippen molar-refractivity contribution < 1.29 is 14.3 Å². The summed E-state index contributed by atoms with van der Waals surface area (Å²) in [5.74, 6) is 0.122. The van der Waals surface area contributed by atoms with Crippen molar-refractivity contribution in [2.45, 2.75) is 26.3 Å². The Balaban J connectivity index is 1.88. The predicted octanol–water partition coefficient (Wildman–Crippen LogP) is 3.19. The van der Waals surface area contributed by atoms with Crippen LogP contribution in [-0.2, 0) is 14.3 Å². The van der Waals surface area contributed by atoms with Crippen molar-refractivity contribution >= 4 is 23.5 Å². The molecule has 1 aromatic heterocycles. The lowest BCUT2D eigenvalue weighted by Gasteiger charge is -2.28. The number of hydrogen-bond acceptors (Lipinski definition) is 6. The molecule has 1 aliphatic rings. The molecule has 2 aromatic rings. The SMILES string of the molecule is CCCOCCOC(=O)C1=C(C)Nc2ncnn2[C@H]1c1ccccc1Cl. The quantitative estimate of drug-likeness (QED) is 0.590. The van der Waals surface area contributed by atoms with Crippen LogP contribution in [0.4, 0.5) is 5.95 Å². The molecule has 1 aliphatic heterocycles. The van der Waals surface area contributed by atoms with Crippen LogP contribution in [0.15, 0.2) is 41.9 Å². The van der Waals surface area contributed by atoms with Gasteiger partial charge in [0.1, 0.15) is 19.0 Å². The second-order valence-electron chi connectivity index (χ2n) is 5.86. The Morgan fingerprint density at radius 3 is 2.88 bits per heavy atom. The third kappa shape index (κ3) is 3.73. The first-order valence-corrected chi connectivity index (χ1v) is 8.87. The molecule has 0 saturated carbocycles. The van der Waals surface area contributed by atoms with Crippen molar-refractivity contribution in [3.05, 3.63) is 52.4 Å². The van der Waals surface area contributed by atoms with E-state index in [1.54, 1.807) is 10.7 Å². The number of carbonyl (C=O) groups is 1. The third-order valence-electron chi connectivity index (χ3n) is 4.02. The summed E-state index contributed by atoms with van der Waals surface area (Å²) in [6, 6.07) is 6.86. The van der Waals surface area contributed by atoms with Gasteiger partial charge in [-0.3, -0.25) is 0 Å². The molecule has 2 heterocycles. The minimum Gasteiger partial charge on any atom is -0.460 e. The number of allylic oxidation sites excluding steroid dienone is 1. The van der Waals surface area contributed by atoms with Gasteiger partial charge < -0.3 is 14.8 Å². The lowest BCUT2D eigenvalue weighted by Crippen LogP contribution is -2.30. The molecule has 0 amide bonds. The number of benzene rings is 1. The number of esters is 1. The topological polar surface area (TPSA) is 78.3 Å². The Kier molecular flexibility index (Phi) is 5.90. The molecule has 1 N–H and O–H groups in total. The van der Waals surface area contributed by atoms with Crippen LogP contribution in [0.1, 0.15) is 31.9 Å². The zero-order chi connectivity index (χ0) is 18.5. The zero-order valence-electron chi connectivity index (χ0n) is 14.7. The van der Waals surface area contributed by atoms with Crippen LogP contribution in [0.2, 0.25) is 5.02 Å². The molecular weight excluding hydrogens is 356 g/mol. The van der Waals surface area contributed by atoms with Gasteiger partial charge in [-0.1, -0.05) is 36.7 Å². The van der Waals surface area contributed by atoms with Crippen LogP contribution in [0, 0.1) is 0 Å². The maximum atomic E-state index is 12.8. The Hall–Kier alpha value is -2.38. The Morgan fingerprint density at radius 2 is 2.12 bits per heavy atom. The Bertz CT molecular complexity index is 818. The van der Waals surface area contributed by atoms with Gasteiger partial charge >= 0.3 is 5.97 Å². The monoisotopic (exact) mass is 376 g/mol. The number of anilines is 1. The lowest BCUT2D eigenvalue weighted by atomic mass is 9.96. The molecule has 0 spiro atoms. The fourth-order valence-electron chi connectivity index (χ4n) is 2.86. The van der Waals surface area contributed by atoms with Crippen LogP contribution >= 0.6 is 11.6 Å². The van der Waals surface area contributed by atoms with E-state index in [1.807, 2.05) is 32.0 Å². The van der Waals surface area contributed by atoms with Crippen LogP contribution in [0.3, 0.4) is 0 Å². The van der Waals surface area contributed by atoms with Gasteiger partial charge in [0.25, 0.3) is 0 Å². The number of carbonyl (C=O) groups excluding carboxylic acids is 1. The minimum atomic E-state index is -0.508. The molecule has 8 heteroatoms. The lowest BCUT2D eigenvalue weighted by molar-refractivity contribution is -0.141. The number of ether oxygens (including phenoxy) is 2. The summed E-state index contributed by atoms with van der Waals surface area (Å²) in [5.41, 5.74) is 1.87. The van der Waals surface area contributed by atoms with Gasteiger partial charge in [0.05, 0.1) is 12.2 Å². The third-order valence-corrected chi connectivity index (χ3v) is 4.37. The molecule has 0 aliphatic carbocycles. The number of rotatable bonds is 7. The number of fused-ring (bicyclic) bond motifs is 1. The van der Waals surface area contributed by atoms with Gasteiger partial charge in [0.15, 0.2) is 0 Å². The molecule has 138 valence electrons. The number of hydrogen-bond donors (Lipinski definition) is 1. The highest BCUT2D eigenvalue weighted by molar-refractivity contribution is 6.31. The zero-order valence-corrected chi connectivity index (χ0v) is 15.5. The average molecular weight is 377 g/mol. The van der Waals surface area contributed by atoms with E-state index in [0.29, 0.717) is 35.5 Å². The molecule has 3 rings (SSSR count). The minimum absolute atomic E-state index is 0.190. The predicted molar refractivity (Wildman–Crippen MR) is 98.0 cm³/mol. The summed E-state index contributed by atoms with van der Waals surface area (Å²) in [4.78, 5) is 17.0. The first-order valence-electron chi connectivity index (χ1n) is 8.50. The Morgan fingerprint density at radius 1 is 1.31 bits per heavy atom. The summed E-state index contributed by atoms with van der Waals surface area (Å²) in [7, 11) is 0. The van der Waals surface area contributed by atoms with E-state index in [0.717, 1.165) is 12.0 Å². The fourth-order valence-corrected chi connectivity index (χ4v) is 3.10. The maximum absolute atomic E-state index is 12.8. The van der Waals surface area contributed by atoms with Crippen LogP contribution in [0.25, 0.3) is 0 Å². The van der Waals surface area contributed by atoms with Gasteiger partial charge in [-0.2, -0.15) is 10.1 Å². The van der Waals surface area contributed by atoms with E-state index in [1.165, 1.54) is 6.33 Å². The highest BCUT2D eigenvalue weighted by Gasteiger charge is 2.35. The number of halogens is 1. The molecule has 1 atom stereocenters. The Labute approximate surface area is 157 Å². The highest BCUT2D eigenvalue weighted by atomic mass is 35.5. The van der Waals surface area contributed by atoms with Crippen molar-refractivity contribution in [1.82, 2.24) is 14.8 Å². The van der Waals surface area contributed by atoms with E-state index in [4.69, 9.17) is 21.1 Å². The van der Waals surface area contributed by atoms with Crippen molar-refractivity contribution in [2.75, 3.05) is 25.1 Å². The molecule has 0 unspecified atom stereocenters. The van der Waals surface area contributed by atoms with Crippen molar-refractivity contribution in [1.29, 1.82) is 0 Å². The van der Waals surface area contributed by atoms with E-state index in [2.05, 4.69) is 15.4 Å². The average Bonchev–Trinajstić information content (AvgIpc) is 3.09. The second kappa shape index (κ2) is 8.33. The van der Waals surface area contributed by atoms with Crippen LogP contribution in [-0.4, -0.2) is 40.6 Å². The van der Waals surface area contributed by atoms with Gasteiger partial charge in [-0.15, -0.1) is 0 Å². The van der Waals surface area contributed by atoms with Crippen LogP contribution < -0.4 is 5.32 Å². The van der Waals surface area contributed by atoms with E-state index in [-0.39, 0.29) is 6.61 Å². The normalized spacial score (nSPS) is 16.2. The summed E-state index contributed by atoms with van der Waals surface area (Å²) in [5, 5.41) is 7.90. The van der Waals surface area contributed by atoms with Gasteiger partial charge in [0.2, 0.25) is 5.95 Å². The molecule has 0 bridgehead atoms. The smallest absolute Gasteiger partial charge is 0.338 e. The molecule has 0 fully saturated rings. The van der Waals surface area contributed by atoms with Gasteiger partial charge in [-0.25, -0.2) is 9.48 Å². The largest absolute Gasteiger partial charge is 0.460 e. The number of nitrogens with one attached hydrogen (secondary N) is 1. The standard InChI is InChI=1S/C18H21ClN4O3/c1-3-8-25-9-10-26-17(24)15-12(2)22-18-20-11-21-23(18)16(15)13-6-4-5-7-14(13)19/h4-7,11,16H,3,8-10H2,1-2H3,(H,20,21,22)/t16-/m0/s1. The highest BCUT2D eigenvalue weighted by Crippen LogP contribution is 2.37. The summed E-state index contributed by atoms with van der Waals surface area (Å²) in [6.07, 6.45) is 2.36. The molecule has 26 heavy (non-hydrogen) atoms. The number of nitrogens with zero attached hydrogens (tertiary/aromatic N) is 3. The first-order chi connectivity index (χ1) is 12.6.